The van der Waals surface area contributed by atoms with Crippen LogP contribution >= 0.6 is 0 Å². The number of imide groups is 1. The highest BCUT2D eigenvalue weighted by molar-refractivity contribution is 6.08. The molecule has 1 aliphatic heterocycles. The summed E-state index contributed by atoms with van der Waals surface area (Å²) in [7, 11) is 0. The lowest BCUT2D eigenvalue weighted by atomic mass is 9.81. The Labute approximate surface area is 150 Å². The lowest BCUT2D eigenvalue weighted by Gasteiger charge is -2.24. The molecular weight excluding hydrogens is 342 g/mol. The molecule has 2 fully saturated rings. The van der Waals surface area contributed by atoms with Crippen molar-refractivity contribution in [2.75, 3.05) is 0 Å². The molecule has 7 heteroatoms. The normalized spacial score (nSPS) is 25.0. The molecule has 3 amide bonds. The number of carbonyl (C=O) groups is 3. The Hall–Kier alpha value is -2.31. The predicted molar refractivity (Wildman–Crippen MR) is 89.7 cm³/mol. The van der Waals surface area contributed by atoms with Gasteiger partial charge in [-0.25, -0.2) is 8.78 Å². The number of nitrogens with one attached hydrogen (secondary N) is 1. The minimum Gasteiger partial charge on any atom is -0.348 e. The van der Waals surface area contributed by atoms with Gasteiger partial charge in [0, 0.05) is 11.6 Å². The quantitative estimate of drug-likeness (QED) is 0.836. The van der Waals surface area contributed by atoms with Crippen LogP contribution in [0.1, 0.15) is 51.1 Å². The third kappa shape index (κ3) is 3.22. The summed E-state index contributed by atoms with van der Waals surface area (Å²) < 4.78 is 26.9. The molecule has 1 heterocycles. The van der Waals surface area contributed by atoms with E-state index in [9.17, 15) is 23.2 Å². The number of hydrogen-bond acceptors (Lipinski definition) is 3. The van der Waals surface area contributed by atoms with Crippen LogP contribution in [0.25, 0.3) is 0 Å². The van der Waals surface area contributed by atoms with Crippen molar-refractivity contribution in [1.82, 2.24) is 10.2 Å². The molecule has 4 unspecified atom stereocenters. The second-order valence-electron chi connectivity index (χ2n) is 7.12. The molecule has 1 saturated heterocycles. The van der Waals surface area contributed by atoms with E-state index in [1.54, 1.807) is 6.92 Å². The van der Waals surface area contributed by atoms with E-state index < -0.39 is 29.6 Å². The van der Waals surface area contributed by atoms with Crippen LogP contribution in [0, 0.1) is 23.5 Å². The van der Waals surface area contributed by atoms with E-state index in [2.05, 4.69) is 5.32 Å². The number of halogens is 2. The van der Waals surface area contributed by atoms with Crippen molar-refractivity contribution < 1.29 is 23.2 Å². The van der Waals surface area contributed by atoms with Crippen LogP contribution in [0.2, 0.25) is 0 Å². The first-order valence-electron chi connectivity index (χ1n) is 8.93. The third-order valence-corrected chi connectivity index (χ3v) is 5.43. The van der Waals surface area contributed by atoms with Gasteiger partial charge in [-0.05, 0) is 32.8 Å². The van der Waals surface area contributed by atoms with E-state index >= 15 is 0 Å². The van der Waals surface area contributed by atoms with Gasteiger partial charge in [0.25, 0.3) is 0 Å². The number of amides is 3. The van der Waals surface area contributed by atoms with Gasteiger partial charge in [-0.1, -0.05) is 18.9 Å². The summed E-state index contributed by atoms with van der Waals surface area (Å²) in [5.41, 5.74) is 0.139. The largest absolute Gasteiger partial charge is 0.348 e. The highest BCUT2D eigenvalue weighted by atomic mass is 19.1. The molecule has 0 bridgehead atoms. The molecule has 3 rings (SSSR count). The Morgan fingerprint density at radius 3 is 2.23 bits per heavy atom. The number of likely N-dealkylation sites (tertiary alicyclic amines) is 1. The van der Waals surface area contributed by atoms with Gasteiger partial charge < -0.3 is 5.32 Å². The van der Waals surface area contributed by atoms with Gasteiger partial charge in [-0.2, -0.15) is 0 Å². The van der Waals surface area contributed by atoms with Crippen molar-refractivity contribution in [3.05, 3.63) is 35.4 Å². The average Bonchev–Trinajstić information content (AvgIpc) is 2.85. The van der Waals surface area contributed by atoms with Crippen LogP contribution in [0.15, 0.2) is 18.2 Å². The third-order valence-electron chi connectivity index (χ3n) is 5.43. The average molecular weight is 364 g/mol. The summed E-state index contributed by atoms with van der Waals surface area (Å²) in [6.07, 6.45) is 3.18. The van der Waals surface area contributed by atoms with Crippen LogP contribution in [0.3, 0.4) is 0 Å². The molecule has 140 valence electrons. The van der Waals surface area contributed by atoms with Gasteiger partial charge in [0.1, 0.15) is 17.7 Å². The van der Waals surface area contributed by atoms with E-state index in [0.29, 0.717) is 12.8 Å². The minimum atomic E-state index is -0.966. The zero-order valence-electron chi connectivity index (χ0n) is 14.8. The maximum Gasteiger partial charge on any atom is 0.243 e. The molecule has 1 aromatic carbocycles. The topological polar surface area (TPSA) is 66.5 Å². The number of nitrogens with zero attached hydrogens (tertiary/aromatic N) is 1. The second kappa shape index (κ2) is 7.13. The van der Waals surface area contributed by atoms with Crippen LogP contribution in [-0.4, -0.2) is 28.7 Å². The van der Waals surface area contributed by atoms with E-state index in [-0.39, 0.29) is 29.2 Å². The maximum atomic E-state index is 13.9. The first-order valence-corrected chi connectivity index (χ1v) is 8.93. The van der Waals surface area contributed by atoms with Gasteiger partial charge in [0.05, 0.1) is 17.9 Å². The first-order chi connectivity index (χ1) is 12.3. The number of benzene rings is 1. The zero-order chi connectivity index (χ0) is 19.0. The molecule has 0 spiro atoms. The predicted octanol–water partition coefficient (Wildman–Crippen LogP) is 2.71. The van der Waals surface area contributed by atoms with Gasteiger partial charge in [-0.3, -0.25) is 19.3 Å². The second-order valence-corrected chi connectivity index (χ2v) is 7.12. The highest BCUT2D eigenvalue weighted by Gasteiger charge is 2.50. The molecular formula is C19H22F2N2O3. The number of carbonyl (C=O) groups excluding carboxylic acids is 3. The monoisotopic (exact) mass is 364 g/mol. The Bertz CT molecular complexity index is 728. The van der Waals surface area contributed by atoms with Crippen LogP contribution in [0.5, 0.6) is 0 Å². The molecule has 2 aliphatic rings. The molecule has 4 atom stereocenters. The molecule has 0 aromatic heterocycles. The SMILES string of the molecule is CC(NC(=O)C(C)N1C(=O)C2CCCCC2C1=O)c1ccc(F)cc1F. The van der Waals surface area contributed by atoms with Crippen molar-refractivity contribution >= 4 is 17.7 Å². The standard InChI is InChI=1S/C19H22F2N2O3/c1-10(13-8-7-12(20)9-16(13)21)22-17(24)11(2)23-18(25)14-5-3-4-6-15(14)19(23)26/h7-11,14-15H,3-6H2,1-2H3,(H,22,24). The lowest BCUT2D eigenvalue weighted by molar-refractivity contribution is -0.147. The zero-order valence-corrected chi connectivity index (χ0v) is 14.8. The molecule has 1 aromatic rings. The summed E-state index contributed by atoms with van der Waals surface area (Å²) in [5.74, 6) is -3.22. The minimum absolute atomic E-state index is 0.139. The lowest BCUT2D eigenvalue weighted by Crippen LogP contribution is -2.48. The first kappa shape index (κ1) is 18.5. The number of fused-ring (bicyclic) bond motifs is 1. The molecule has 0 radical (unpaired) electrons. The molecule has 1 N–H and O–H groups in total. The maximum absolute atomic E-state index is 13.9. The van der Waals surface area contributed by atoms with Crippen molar-refractivity contribution in [3.8, 4) is 0 Å². The van der Waals surface area contributed by atoms with Gasteiger partial charge in [0.15, 0.2) is 0 Å². The Morgan fingerprint density at radius 1 is 1.12 bits per heavy atom. The summed E-state index contributed by atoms with van der Waals surface area (Å²) in [6, 6.07) is 1.44. The molecule has 5 nitrogen and oxygen atoms in total. The van der Waals surface area contributed by atoms with Crippen molar-refractivity contribution in [2.24, 2.45) is 11.8 Å². The summed E-state index contributed by atoms with van der Waals surface area (Å²) in [4.78, 5) is 38.7. The summed E-state index contributed by atoms with van der Waals surface area (Å²) >= 11 is 0. The van der Waals surface area contributed by atoms with Crippen molar-refractivity contribution in [1.29, 1.82) is 0 Å². The van der Waals surface area contributed by atoms with E-state index in [0.717, 1.165) is 29.9 Å². The number of hydrogen-bond donors (Lipinski definition) is 1. The van der Waals surface area contributed by atoms with Crippen molar-refractivity contribution in [2.45, 2.75) is 51.6 Å². The van der Waals surface area contributed by atoms with Crippen LogP contribution < -0.4 is 5.32 Å². The fraction of sp³-hybridized carbons (Fsp3) is 0.526. The van der Waals surface area contributed by atoms with Gasteiger partial charge >= 0.3 is 0 Å². The van der Waals surface area contributed by atoms with Crippen molar-refractivity contribution in [3.63, 3.8) is 0 Å². The van der Waals surface area contributed by atoms with E-state index in [1.807, 2.05) is 0 Å². The summed E-state index contributed by atoms with van der Waals surface area (Å²) in [5, 5.41) is 2.61. The molecule has 1 saturated carbocycles. The van der Waals surface area contributed by atoms with Crippen LogP contribution in [0.4, 0.5) is 8.78 Å². The van der Waals surface area contributed by atoms with E-state index in [4.69, 9.17) is 0 Å². The highest BCUT2D eigenvalue weighted by Crippen LogP contribution is 2.38. The smallest absolute Gasteiger partial charge is 0.243 e. The van der Waals surface area contributed by atoms with Gasteiger partial charge in [0.2, 0.25) is 17.7 Å². The Balaban J connectivity index is 1.71. The Kier molecular flexibility index (Phi) is 5.07. The fourth-order valence-electron chi connectivity index (χ4n) is 3.95. The summed E-state index contributed by atoms with van der Waals surface area (Å²) in [6.45, 7) is 3.06. The molecule has 1 aliphatic carbocycles. The Morgan fingerprint density at radius 2 is 1.69 bits per heavy atom. The van der Waals surface area contributed by atoms with Crippen LogP contribution in [-0.2, 0) is 14.4 Å². The van der Waals surface area contributed by atoms with E-state index in [1.165, 1.54) is 13.0 Å². The van der Waals surface area contributed by atoms with Gasteiger partial charge in [-0.15, -0.1) is 0 Å². The fourth-order valence-corrected chi connectivity index (χ4v) is 3.95. The number of rotatable bonds is 4. The molecule has 26 heavy (non-hydrogen) atoms.